The number of hydrogen-bond acceptors (Lipinski definition) is 3. The Hall–Kier alpha value is -4.07. The molecule has 0 radical (unpaired) electrons. The Bertz CT molecular complexity index is 1610. The molecule has 0 saturated heterocycles. The van der Waals surface area contributed by atoms with E-state index in [2.05, 4.69) is 64.5 Å². The van der Waals surface area contributed by atoms with Gasteiger partial charge in [-0.25, -0.2) is 0 Å². The van der Waals surface area contributed by atoms with Gasteiger partial charge in [-0.2, -0.15) is 5.26 Å². The van der Waals surface area contributed by atoms with E-state index in [0.29, 0.717) is 23.7 Å². The summed E-state index contributed by atoms with van der Waals surface area (Å²) >= 11 is 3.64. The fourth-order valence-electron chi connectivity index (χ4n) is 4.15. The number of allylic oxidation sites excluding steroid dienone is 1. The normalized spacial score (nSPS) is 11.4. The van der Waals surface area contributed by atoms with Crippen LogP contribution in [0, 0.1) is 11.3 Å². The van der Waals surface area contributed by atoms with Crippen LogP contribution >= 0.6 is 15.9 Å². The summed E-state index contributed by atoms with van der Waals surface area (Å²) in [7, 11) is 1.62. The van der Waals surface area contributed by atoms with Gasteiger partial charge in [-0.1, -0.05) is 72.8 Å². The summed E-state index contributed by atoms with van der Waals surface area (Å²) in [5.74, 6) is 1.23. The van der Waals surface area contributed by atoms with E-state index in [1.165, 1.54) is 10.8 Å². The van der Waals surface area contributed by atoms with Crippen LogP contribution in [0.25, 0.3) is 33.2 Å². The van der Waals surface area contributed by atoms with Gasteiger partial charge in [-0.15, -0.1) is 0 Å². The fraction of sp³-hybridized carbons (Fsp3) is 0.0645. The second-order valence-electron chi connectivity index (χ2n) is 8.24. The molecule has 0 aliphatic rings. The van der Waals surface area contributed by atoms with Crippen LogP contribution in [-0.2, 0) is 6.61 Å². The molecule has 5 aromatic rings. The Morgan fingerprint density at radius 3 is 2.17 bits per heavy atom. The lowest BCUT2D eigenvalue weighted by Crippen LogP contribution is -1.99. The molecule has 0 amide bonds. The fourth-order valence-corrected chi connectivity index (χ4v) is 4.73. The minimum absolute atomic E-state index is 0.412. The van der Waals surface area contributed by atoms with Gasteiger partial charge < -0.3 is 9.47 Å². The second kappa shape index (κ2) is 10.0. The molecule has 0 aromatic heterocycles. The molecule has 0 unspecified atom stereocenters. The van der Waals surface area contributed by atoms with Crippen molar-refractivity contribution in [2.24, 2.45) is 0 Å². The highest BCUT2D eigenvalue weighted by molar-refractivity contribution is 9.10. The zero-order chi connectivity index (χ0) is 24.2. The summed E-state index contributed by atoms with van der Waals surface area (Å²) in [5, 5.41) is 14.5. The number of benzene rings is 5. The summed E-state index contributed by atoms with van der Waals surface area (Å²) in [6.45, 7) is 0.412. The highest BCUT2D eigenvalue weighted by Gasteiger charge is 2.13. The van der Waals surface area contributed by atoms with Crippen LogP contribution in [0.5, 0.6) is 11.5 Å². The summed E-state index contributed by atoms with van der Waals surface area (Å²) < 4.78 is 12.6. The SMILES string of the molecule is COc1cc(/C=C(/C#N)c2ccc3ccccc3c2)cc(Br)c1OCc1ccc2ccccc2c1. The van der Waals surface area contributed by atoms with Gasteiger partial charge in [-0.05, 0) is 84.5 Å². The molecule has 5 aromatic carbocycles. The maximum Gasteiger partial charge on any atom is 0.175 e. The standard InChI is InChI=1S/C31H22BrNO2/c1-34-30-17-22(15-28(19-33)27-13-12-24-7-3-5-9-26(24)18-27)16-29(32)31(30)35-20-21-10-11-23-6-2-4-8-25(23)14-21/h2-18H,20H2,1H3/b28-15-. The van der Waals surface area contributed by atoms with Crippen molar-refractivity contribution in [3.05, 3.63) is 118 Å². The van der Waals surface area contributed by atoms with E-state index < -0.39 is 0 Å². The molecular weight excluding hydrogens is 498 g/mol. The maximum absolute atomic E-state index is 9.86. The Balaban J connectivity index is 1.42. The first-order valence-corrected chi connectivity index (χ1v) is 12.0. The predicted octanol–water partition coefficient (Wildman–Crippen LogP) is 8.41. The monoisotopic (exact) mass is 519 g/mol. The molecule has 0 atom stereocenters. The van der Waals surface area contributed by atoms with Crippen LogP contribution in [0.1, 0.15) is 16.7 Å². The third-order valence-corrected chi connectivity index (χ3v) is 6.53. The largest absolute Gasteiger partial charge is 0.493 e. The Kier molecular flexibility index (Phi) is 6.52. The number of fused-ring (bicyclic) bond motifs is 2. The molecule has 0 bridgehead atoms. The zero-order valence-corrected chi connectivity index (χ0v) is 20.7. The molecule has 170 valence electrons. The molecule has 0 heterocycles. The maximum atomic E-state index is 9.86. The molecule has 35 heavy (non-hydrogen) atoms. The van der Waals surface area contributed by atoms with Crippen molar-refractivity contribution in [1.82, 2.24) is 0 Å². The topological polar surface area (TPSA) is 42.2 Å². The molecule has 0 spiro atoms. The quantitative estimate of drug-likeness (QED) is 0.167. The molecule has 0 fully saturated rings. The molecule has 4 heteroatoms. The molecule has 5 rings (SSSR count). The second-order valence-corrected chi connectivity index (χ2v) is 9.09. The summed E-state index contributed by atoms with van der Waals surface area (Å²) in [5.41, 5.74) is 3.37. The van der Waals surface area contributed by atoms with Crippen molar-refractivity contribution < 1.29 is 9.47 Å². The van der Waals surface area contributed by atoms with E-state index in [1.807, 2.05) is 60.7 Å². The highest BCUT2D eigenvalue weighted by Crippen LogP contribution is 2.38. The van der Waals surface area contributed by atoms with Crippen molar-refractivity contribution in [2.45, 2.75) is 6.61 Å². The first kappa shape index (κ1) is 22.7. The summed E-state index contributed by atoms with van der Waals surface area (Å²) in [6, 6.07) is 34.9. The van der Waals surface area contributed by atoms with Gasteiger partial charge in [0.1, 0.15) is 6.61 Å². The smallest absolute Gasteiger partial charge is 0.175 e. The third kappa shape index (κ3) is 4.91. The van der Waals surface area contributed by atoms with Crippen LogP contribution in [0.4, 0.5) is 0 Å². The van der Waals surface area contributed by atoms with Gasteiger partial charge in [-0.3, -0.25) is 0 Å². The number of rotatable bonds is 6. The third-order valence-electron chi connectivity index (χ3n) is 5.94. The van der Waals surface area contributed by atoms with E-state index in [9.17, 15) is 5.26 Å². The van der Waals surface area contributed by atoms with Crippen molar-refractivity contribution in [3.63, 3.8) is 0 Å². The lowest BCUT2D eigenvalue weighted by molar-refractivity contribution is 0.282. The van der Waals surface area contributed by atoms with Gasteiger partial charge in [0.2, 0.25) is 0 Å². The summed E-state index contributed by atoms with van der Waals surface area (Å²) in [6.07, 6.45) is 1.87. The summed E-state index contributed by atoms with van der Waals surface area (Å²) in [4.78, 5) is 0. The minimum Gasteiger partial charge on any atom is -0.493 e. The first-order valence-electron chi connectivity index (χ1n) is 11.2. The van der Waals surface area contributed by atoms with Gasteiger partial charge in [0, 0.05) is 0 Å². The zero-order valence-electron chi connectivity index (χ0n) is 19.2. The predicted molar refractivity (Wildman–Crippen MR) is 146 cm³/mol. The number of methoxy groups -OCH3 is 1. The molecule has 3 nitrogen and oxygen atoms in total. The number of hydrogen-bond donors (Lipinski definition) is 0. The number of ether oxygens (including phenoxy) is 2. The lowest BCUT2D eigenvalue weighted by atomic mass is 10.00. The van der Waals surface area contributed by atoms with Gasteiger partial charge >= 0.3 is 0 Å². The lowest BCUT2D eigenvalue weighted by Gasteiger charge is -2.14. The van der Waals surface area contributed by atoms with E-state index in [-0.39, 0.29) is 0 Å². The van der Waals surface area contributed by atoms with Crippen LogP contribution in [0.15, 0.2) is 102 Å². The van der Waals surface area contributed by atoms with E-state index in [4.69, 9.17) is 9.47 Å². The van der Waals surface area contributed by atoms with Crippen LogP contribution in [0.2, 0.25) is 0 Å². The van der Waals surface area contributed by atoms with E-state index in [0.717, 1.165) is 31.9 Å². The number of nitriles is 1. The molecule has 0 aliphatic heterocycles. The molecule has 0 saturated carbocycles. The highest BCUT2D eigenvalue weighted by atomic mass is 79.9. The van der Waals surface area contributed by atoms with Gasteiger partial charge in [0.25, 0.3) is 0 Å². The first-order chi connectivity index (χ1) is 17.1. The van der Waals surface area contributed by atoms with Crippen molar-refractivity contribution in [3.8, 4) is 17.6 Å². The average molecular weight is 520 g/mol. The van der Waals surface area contributed by atoms with E-state index >= 15 is 0 Å². The molecule has 0 N–H and O–H groups in total. The van der Waals surface area contributed by atoms with Crippen molar-refractivity contribution in [2.75, 3.05) is 7.11 Å². The molecule has 0 aliphatic carbocycles. The Morgan fingerprint density at radius 1 is 0.829 bits per heavy atom. The van der Waals surface area contributed by atoms with Crippen LogP contribution in [0.3, 0.4) is 0 Å². The molecular formula is C31H22BrNO2. The van der Waals surface area contributed by atoms with E-state index in [1.54, 1.807) is 7.11 Å². The van der Waals surface area contributed by atoms with Crippen LogP contribution in [-0.4, -0.2) is 7.11 Å². The minimum atomic E-state index is 0.412. The Morgan fingerprint density at radius 2 is 1.49 bits per heavy atom. The Labute approximate surface area is 213 Å². The average Bonchev–Trinajstić information content (AvgIpc) is 2.90. The van der Waals surface area contributed by atoms with Crippen molar-refractivity contribution in [1.29, 1.82) is 5.26 Å². The van der Waals surface area contributed by atoms with Gasteiger partial charge in [0.05, 0.1) is 23.2 Å². The number of halogens is 1. The van der Waals surface area contributed by atoms with Crippen molar-refractivity contribution >= 4 is 49.1 Å². The van der Waals surface area contributed by atoms with Gasteiger partial charge in [0.15, 0.2) is 11.5 Å². The van der Waals surface area contributed by atoms with Crippen LogP contribution < -0.4 is 9.47 Å². The number of nitrogens with zero attached hydrogens (tertiary/aromatic N) is 1.